The first-order valence-electron chi connectivity index (χ1n) is 14.3. The molecule has 0 fully saturated rings. The maximum absolute atomic E-state index is 13.5. The molecule has 4 N–H and O–H groups in total. The Labute approximate surface area is 259 Å². The number of hydrogen-bond acceptors (Lipinski definition) is 6. The van der Waals surface area contributed by atoms with Gasteiger partial charge in [-0.3, -0.25) is 9.59 Å². The molecule has 0 aliphatic heterocycles. The van der Waals surface area contributed by atoms with Crippen molar-refractivity contribution in [2.45, 2.75) is 25.5 Å². The molecule has 0 saturated heterocycles. The zero-order chi connectivity index (χ0) is 31.6. The number of para-hydroxylation sites is 1. The Kier molecular flexibility index (Phi) is 9.86. The van der Waals surface area contributed by atoms with Crippen molar-refractivity contribution in [2.24, 2.45) is 0 Å². The summed E-state index contributed by atoms with van der Waals surface area (Å²) in [5, 5.41) is 18.2. The minimum Gasteiger partial charge on any atom is -0.478 e. The van der Waals surface area contributed by atoms with Crippen LogP contribution in [0.5, 0.6) is 0 Å². The van der Waals surface area contributed by atoms with Gasteiger partial charge in [-0.1, -0.05) is 72.8 Å². The Balaban J connectivity index is 1.23. The van der Waals surface area contributed by atoms with Crippen LogP contribution < -0.4 is 16.0 Å². The summed E-state index contributed by atoms with van der Waals surface area (Å²) in [4.78, 5) is 50.0. The quantitative estimate of drug-likeness (QED) is 0.123. The number of fused-ring (bicyclic) bond motifs is 1. The fraction of sp³-hybridized carbons (Fsp3) is 0.143. The van der Waals surface area contributed by atoms with Crippen LogP contribution in [-0.4, -0.2) is 41.6 Å². The van der Waals surface area contributed by atoms with Crippen LogP contribution >= 0.6 is 0 Å². The van der Waals surface area contributed by atoms with Gasteiger partial charge in [0.1, 0.15) is 18.2 Å². The van der Waals surface area contributed by atoms with Gasteiger partial charge in [0.15, 0.2) is 5.76 Å². The first-order chi connectivity index (χ1) is 21.9. The molecule has 5 aromatic rings. The van der Waals surface area contributed by atoms with Crippen LogP contribution in [0, 0.1) is 0 Å². The van der Waals surface area contributed by atoms with Crippen molar-refractivity contribution in [1.29, 1.82) is 0 Å². The summed E-state index contributed by atoms with van der Waals surface area (Å²) in [6.07, 6.45) is 0.00141. The van der Waals surface area contributed by atoms with Gasteiger partial charge in [-0.15, -0.1) is 0 Å². The monoisotopic (exact) mass is 605 g/mol. The average Bonchev–Trinajstić information content (AvgIpc) is 3.50. The molecule has 0 aliphatic carbocycles. The molecule has 10 heteroatoms. The fourth-order valence-corrected chi connectivity index (χ4v) is 4.67. The molecule has 0 aliphatic rings. The SMILES string of the molecule is O=C(NCCC[C@H](NC(=O)c1cc2ccccc2o1)C(=O)Nc1cccc(-c2ccc(C(=O)O)cc2)c1)OCc1ccccc1. The number of furan rings is 1. The third kappa shape index (κ3) is 8.35. The number of aromatic carboxylic acids is 1. The number of nitrogens with one attached hydrogen (secondary N) is 3. The van der Waals surface area contributed by atoms with E-state index >= 15 is 0 Å². The van der Waals surface area contributed by atoms with Gasteiger partial charge in [-0.25, -0.2) is 9.59 Å². The molecule has 0 spiro atoms. The zero-order valence-corrected chi connectivity index (χ0v) is 24.2. The lowest BCUT2D eigenvalue weighted by Crippen LogP contribution is -2.44. The Morgan fingerprint density at radius 2 is 1.56 bits per heavy atom. The summed E-state index contributed by atoms with van der Waals surface area (Å²) in [5.74, 6) is -1.95. The summed E-state index contributed by atoms with van der Waals surface area (Å²) >= 11 is 0. The molecule has 228 valence electrons. The van der Waals surface area contributed by atoms with Crippen molar-refractivity contribution in [2.75, 3.05) is 11.9 Å². The molecule has 5 rings (SSSR count). The van der Waals surface area contributed by atoms with Crippen LogP contribution in [0.1, 0.15) is 39.3 Å². The van der Waals surface area contributed by atoms with Crippen molar-refractivity contribution in [3.05, 3.63) is 126 Å². The Hall–Kier alpha value is -5.90. The molecule has 4 aromatic carbocycles. The number of amides is 3. The third-order valence-electron chi connectivity index (χ3n) is 7.02. The largest absolute Gasteiger partial charge is 0.478 e. The topological polar surface area (TPSA) is 147 Å². The number of carboxylic acid groups (broad SMARTS) is 1. The molecule has 3 amide bonds. The van der Waals surface area contributed by atoms with E-state index in [1.807, 2.05) is 48.5 Å². The number of carbonyl (C=O) groups is 4. The molecular weight excluding hydrogens is 574 g/mol. The molecule has 0 saturated carbocycles. The van der Waals surface area contributed by atoms with Gasteiger partial charge in [-0.2, -0.15) is 0 Å². The average molecular weight is 606 g/mol. The number of ether oxygens (including phenoxy) is 1. The second-order valence-corrected chi connectivity index (χ2v) is 10.3. The van der Waals surface area contributed by atoms with E-state index in [4.69, 9.17) is 9.15 Å². The van der Waals surface area contributed by atoms with Crippen molar-refractivity contribution < 1.29 is 33.4 Å². The molecule has 45 heavy (non-hydrogen) atoms. The predicted octanol–water partition coefficient (Wildman–Crippen LogP) is 6.24. The van der Waals surface area contributed by atoms with E-state index in [9.17, 15) is 24.3 Å². The van der Waals surface area contributed by atoms with Crippen molar-refractivity contribution in [1.82, 2.24) is 10.6 Å². The van der Waals surface area contributed by atoms with Gasteiger partial charge < -0.3 is 30.2 Å². The van der Waals surface area contributed by atoms with Crippen LogP contribution in [0.2, 0.25) is 0 Å². The highest BCUT2D eigenvalue weighted by atomic mass is 16.5. The Morgan fingerprint density at radius 1 is 0.800 bits per heavy atom. The van der Waals surface area contributed by atoms with Crippen molar-refractivity contribution in [3.8, 4) is 11.1 Å². The Bertz CT molecular complexity index is 1770. The van der Waals surface area contributed by atoms with Gasteiger partial charge >= 0.3 is 12.1 Å². The summed E-state index contributed by atoms with van der Waals surface area (Å²) in [7, 11) is 0. The van der Waals surface area contributed by atoms with Crippen molar-refractivity contribution in [3.63, 3.8) is 0 Å². The van der Waals surface area contributed by atoms with Gasteiger partial charge in [-0.05, 0) is 65.9 Å². The lowest BCUT2D eigenvalue weighted by atomic mass is 10.0. The zero-order valence-electron chi connectivity index (χ0n) is 24.2. The van der Waals surface area contributed by atoms with Gasteiger partial charge in [0.05, 0.1) is 5.56 Å². The maximum Gasteiger partial charge on any atom is 0.407 e. The van der Waals surface area contributed by atoms with Gasteiger partial charge in [0.2, 0.25) is 5.91 Å². The van der Waals surface area contributed by atoms with Crippen LogP contribution in [0.15, 0.2) is 114 Å². The molecule has 0 radical (unpaired) electrons. The van der Waals surface area contributed by atoms with Crippen LogP contribution in [0.4, 0.5) is 10.5 Å². The number of carbonyl (C=O) groups excluding carboxylic acids is 3. The minimum atomic E-state index is -1.02. The van der Waals surface area contributed by atoms with Crippen LogP contribution in [0.3, 0.4) is 0 Å². The third-order valence-corrected chi connectivity index (χ3v) is 7.02. The smallest absolute Gasteiger partial charge is 0.407 e. The molecule has 10 nitrogen and oxygen atoms in total. The second-order valence-electron chi connectivity index (χ2n) is 10.3. The normalized spacial score (nSPS) is 11.4. The standard InChI is InChI=1S/C35H31N3O7/c39-32(37-28-12-6-11-26(20-28)24-15-17-25(18-16-24)34(41)42)29(38-33(40)31-21-27-10-4-5-14-30(27)45-31)13-7-19-36-35(43)44-22-23-8-2-1-3-9-23/h1-6,8-12,14-18,20-21,29H,7,13,19,22H2,(H,36,43)(H,37,39)(H,38,40)(H,41,42)/t29-/m0/s1. The number of anilines is 1. The van der Waals surface area contributed by atoms with E-state index in [-0.39, 0.29) is 30.9 Å². The number of hydrogen-bond donors (Lipinski definition) is 4. The summed E-state index contributed by atoms with van der Waals surface area (Å²) in [6.45, 7) is 0.355. The van der Waals surface area contributed by atoms with Crippen LogP contribution in [-0.2, 0) is 16.1 Å². The molecule has 0 unspecified atom stereocenters. The van der Waals surface area contributed by atoms with E-state index in [0.29, 0.717) is 17.7 Å². The number of carboxylic acids is 1. The number of rotatable bonds is 12. The lowest BCUT2D eigenvalue weighted by molar-refractivity contribution is -0.118. The first-order valence-corrected chi connectivity index (χ1v) is 14.3. The summed E-state index contributed by atoms with van der Waals surface area (Å²) in [5.41, 5.74) is 3.62. The highest BCUT2D eigenvalue weighted by molar-refractivity contribution is 6.02. The number of alkyl carbamates (subject to hydrolysis) is 1. The number of benzene rings is 4. The highest BCUT2D eigenvalue weighted by Gasteiger charge is 2.23. The fourth-order valence-electron chi connectivity index (χ4n) is 4.67. The molecule has 1 heterocycles. The van der Waals surface area contributed by atoms with E-state index in [2.05, 4.69) is 16.0 Å². The van der Waals surface area contributed by atoms with E-state index in [1.165, 1.54) is 12.1 Å². The molecular formula is C35H31N3O7. The van der Waals surface area contributed by atoms with Crippen LogP contribution in [0.25, 0.3) is 22.1 Å². The predicted molar refractivity (Wildman–Crippen MR) is 169 cm³/mol. The van der Waals surface area contributed by atoms with E-state index in [1.54, 1.807) is 48.5 Å². The summed E-state index contributed by atoms with van der Waals surface area (Å²) in [6, 6.07) is 30.7. The van der Waals surface area contributed by atoms with Gasteiger partial charge in [0.25, 0.3) is 5.91 Å². The Morgan fingerprint density at radius 3 is 2.31 bits per heavy atom. The minimum absolute atomic E-state index is 0.0726. The molecule has 1 atom stereocenters. The van der Waals surface area contributed by atoms with E-state index < -0.39 is 29.9 Å². The second kappa shape index (κ2) is 14.5. The molecule has 1 aromatic heterocycles. The van der Waals surface area contributed by atoms with Crippen molar-refractivity contribution >= 4 is 40.5 Å². The lowest BCUT2D eigenvalue weighted by Gasteiger charge is -2.18. The van der Waals surface area contributed by atoms with E-state index in [0.717, 1.165) is 22.1 Å². The maximum atomic E-state index is 13.5. The highest BCUT2D eigenvalue weighted by Crippen LogP contribution is 2.24. The van der Waals surface area contributed by atoms with Gasteiger partial charge in [0, 0.05) is 17.6 Å². The molecule has 0 bridgehead atoms. The first kappa shape index (κ1) is 30.6. The summed E-state index contributed by atoms with van der Waals surface area (Å²) < 4.78 is 10.9.